The van der Waals surface area contributed by atoms with E-state index in [-0.39, 0.29) is 0 Å². The summed E-state index contributed by atoms with van der Waals surface area (Å²) in [6, 6.07) is 1.53. The zero-order valence-corrected chi connectivity index (χ0v) is 13.9. The molecule has 0 aromatic carbocycles. The first-order chi connectivity index (χ1) is 9.50. The Morgan fingerprint density at radius 1 is 1.10 bits per heavy atom. The van der Waals surface area contributed by atoms with Gasteiger partial charge in [-0.3, -0.25) is 4.90 Å². The number of nitrogens with one attached hydrogen (secondary N) is 1. The third-order valence-electron chi connectivity index (χ3n) is 6.32. The van der Waals surface area contributed by atoms with Crippen molar-refractivity contribution in [3.63, 3.8) is 0 Å². The molecule has 3 atom stereocenters. The van der Waals surface area contributed by atoms with Gasteiger partial charge in [0.2, 0.25) is 0 Å². The van der Waals surface area contributed by atoms with E-state index in [4.69, 9.17) is 0 Å². The maximum atomic E-state index is 3.60. The van der Waals surface area contributed by atoms with Crippen molar-refractivity contribution < 1.29 is 0 Å². The molecule has 3 aliphatic rings. The highest BCUT2D eigenvalue weighted by Crippen LogP contribution is 2.43. The molecule has 0 radical (unpaired) electrons. The molecule has 20 heavy (non-hydrogen) atoms. The molecule has 3 nitrogen and oxygen atoms in total. The van der Waals surface area contributed by atoms with Crippen LogP contribution in [0.15, 0.2) is 0 Å². The van der Waals surface area contributed by atoms with Crippen LogP contribution in [-0.4, -0.2) is 60.1 Å². The van der Waals surface area contributed by atoms with Crippen molar-refractivity contribution in [3.8, 4) is 0 Å². The van der Waals surface area contributed by atoms with Gasteiger partial charge in [0.1, 0.15) is 0 Å². The van der Waals surface area contributed by atoms with Crippen LogP contribution in [0.25, 0.3) is 0 Å². The summed E-state index contributed by atoms with van der Waals surface area (Å²) in [6.45, 7) is 16.1. The Labute approximate surface area is 125 Å². The predicted molar refractivity (Wildman–Crippen MR) is 85.0 cm³/mol. The summed E-state index contributed by atoms with van der Waals surface area (Å²) in [7, 11) is 0. The van der Waals surface area contributed by atoms with Gasteiger partial charge in [-0.2, -0.15) is 0 Å². The molecule has 3 rings (SSSR count). The molecule has 0 bridgehead atoms. The summed E-state index contributed by atoms with van der Waals surface area (Å²) in [5.74, 6) is 1.77. The maximum Gasteiger partial charge on any atom is 0.0200 e. The van der Waals surface area contributed by atoms with Crippen LogP contribution in [0.3, 0.4) is 0 Å². The van der Waals surface area contributed by atoms with Crippen molar-refractivity contribution in [1.82, 2.24) is 15.1 Å². The molecule has 0 aromatic heterocycles. The van der Waals surface area contributed by atoms with Gasteiger partial charge in [0, 0.05) is 30.7 Å². The van der Waals surface area contributed by atoms with E-state index >= 15 is 0 Å². The van der Waals surface area contributed by atoms with Crippen LogP contribution in [0.2, 0.25) is 0 Å². The van der Waals surface area contributed by atoms with Gasteiger partial charge >= 0.3 is 0 Å². The summed E-state index contributed by atoms with van der Waals surface area (Å²) < 4.78 is 0. The largest absolute Gasteiger partial charge is 0.316 e. The second kappa shape index (κ2) is 5.58. The molecule has 3 heterocycles. The molecule has 3 unspecified atom stereocenters. The Morgan fingerprint density at radius 3 is 2.60 bits per heavy atom. The molecule has 1 N–H and O–H groups in total. The standard InChI is InChI=1S/C17H33N3/c1-13(2)19-8-5-6-15(7-9-19)20-12-14-10-18-11-16(14)17(20,3)4/h13-16,18H,5-12H2,1-4H3. The summed E-state index contributed by atoms with van der Waals surface area (Å²) in [4.78, 5) is 5.55. The quantitative estimate of drug-likeness (QED) is 0.836. The minimum atomic E-state index is 0.395. The Kier molecular flexibility index (Phi) is 4.13. The third-order valence-corrected chi connectivity index (χ3v) is 6.32. The van der Waals surface area contributed by atoms with Crippen molar-refractivity contribution in [3.05, 3.63) is 0 Å². The van der Waals surface area contributed by atoms with Gasteiger partial charge in [0.25, 0.3) is 0 Å². The number of likely N-dealkylation sites (tertiary alicyclic amines) is 2. The smallest absolute Gasteiger partial charge is 0.0200 e. The van der Waals surface area contributed by atoms with E-state index < -0.39 is 0 Å². The van der Waals surface area contributed by atoms with Gasteiger partial charge < -0.3 is 10.2 Å². The Morgan fingerprint density at radius 2 is 1.90 bits per heavy atom. The number of nitrogens with zero attached hydrogens (tertiary/aromatic N) is 2. The van der Waals surface area contributed by atoms with Gasteiger partial charge in [-0.15, -0.1) is 0 Å². The highest BCUT2D eigenvalue weighted by molar-refractivity contribution is 5.06. The van der Waals surface area contributed by atoms with E-state index in [1.54, 1.807) is 0 Å². The number of rotatable bonds is 2. The fourth-order valence-corrected chi connectivity index (χ4v) is 5.00. The molecule has 3 saturated heterocycles. The van der Waals surface area contributed by atoms with E-state index in [0.29, 0.717) is 11.6 Å². The van der Waals surface area contributed by atoms with Gasteiger partial charge in [0.15, 0.2) is 0 Å². The van der Waals surface area contributed by atoms with Crippen molar-refractivity contribution in [2.24, 2.45) is 11.8 Å². The van der Waals surface area contributed by atoms with Crippen LogP contribution in [0.4, 0.5) is 0 Å². The summed E-state index contributed by atoms with van der Waals surface area (Å²) in [5.41, 5.74) is 0.395. The van der Waals surface area contributed by atoms with Crippen molar-refractivity contribution >= 4 is 0 Å². The Hall–Kier alpha value is -0.120. The van der Waals surface area contributed by atoms with Gasteiger partial charge in [-0.05, 0) is 78.4 Å². The SMILES string of the molecule is CC(C)N1CCCC(N2CC3CNCC3C2(C)C)CC1. The van der Waals surface area contributed by atoms with Gasteiger partial charge in [0.05, 0.1) is 0 Å². The molecular weight excluding hydrogens is 246 g/mol. The number of hydrogen-bond donors (Lipinski definition) is 1. The van der Waals surface area contributed by atoms with E-state index in [1.807, 2.05) is 0 Å². The highest BCUT2D eigenvalue weighted by Gasteiger charge is 2.51. The number of hydrogen-bond acceptors (Lipinski definition) is 3. The van der Waals surface area contributed by atoms with Crippen LogP contribution >= 0.6 is 0 Å². The Bertz CT molecular complexity index is 339. The van der Waals surface area contributed by atoms with Crippen LogP contribution in [-0.2, 0) is 0 Å². The first-order valence-corrected chi connectivity index (χ1v) is 8.71. The van der Waals surface area contributed by atoms with Crippen LogP contribution < -0.4 is 5.32 Å². The first kappa shape index (κ1) is 14.8. The molecule has 3 aliphatic heterocycles. The topological polar surface area (TPSA) is 18.5 Å². The van der Waals surface area contributed by atoms with Crippen LogP contribution in [0.5, 0.6) is 0 Å². The van der Waals surface area contributed by atoms with E-state index in [9.17, 15) is 0 Å². The maximum absolute atomic E-state index is 3.60. The van der Waals surface area contributed by atoms with E-state index in [0.717, 1.165) is 17.9 Å². The molecule has 0 saturated carbocycles. The fraction of sp³-hybridized carbons (Fsp3) is 1.00. The molecule has 116 valence electrons. The third kappa shape index (κ3) is 2.53. The lowest BCUT2D eigenvalue weighted by molar-refractivity contribution is 0.0793. The zero-order chi connectivity index (χ0) is 14.3. The van der Waals surface area contributed by atoms with Crippen molar-refractivity contribution in [2.45, 2.75) is 64.6 Å². The van der Waals surface area contributed by atoms with Gasteiger partial charge in [-0.1, -0.05) is 0 Å². The first-order valence-electron chi connectivity index (χ1n) is 8.71. The molecule has 0 amide bonds. The summed E-state index contributed by atoms with van der Waals surface area (Å²) >= 11 is 0. The van der Waals surface area contributed by atoms with Crippen molar-refractivity contribution in [2.75, 3.05) is 32.7 Å². The van der Waals surface area contributed by atoms with Crippen LogP contribution in [0, 0.1) is 11.8 Å². The second-order valence-corrected chi connectivity index (χ2v) is 8.05. The monoisotopic (exact) mass is 279 g/mol. The predicted octanol–water partition coefficient (Wildman–Crippen LogP) is 2.18. The highest BCUT2D eigenvalue weighted by atomic mass is 15.3. The number of fused-ring (bicyclic) bond motifs is 1. The molecule has 3 fully saturated rings. The lowest BCUT2D eigenvalue weighted by Crippen LogP contribution is -2.50. The van der Waals surface area contributed by atoms with E-state index in [1.165, 1.54) is 52.0 Å². The molecule has 0 aliphatic carbocycles. The Balaban J connectivity index is 1.67. The lowest BCUT2D eigenvalue weighted by atomic mass is 9.84. The minimum Gasteiger partial charge on any atom is -0.316 e. The zero-order valence-electron chi connectivity index (χ0n) is 13.9. The normalized spacial score (nSPS) is 39.1. The molecular formula is C17H33N3. The summed E-state index contributed by atoms with van der Waals surface area (Å²) in [5, 5.41) is 3.60. The van der Waals surface area contributed by atoms with Crippen molar-refractivity contribution in [1.29, 1.82) is 0 Å². The lowest BCUT2D eigenvalue weighted by Gasteiger charge is -2.41. The average Bonchev–Trinajstić information content (AvgIpc) is 2.83. The summed E-state index contributed by atoms with van der Waals surface area (Å²) in [6.07, 6.45) is 4.15. The second-order valence-electron chi connectivity index (χ2n) is 8.05. The molecule has 0 aromatic rings. The van der Waals surface area contributed by atoms with Gasteiger partial charge in [-0.25, -0.2) is 0 Å². The fourth-order valence-electron chi connectivity index (χ4n) is 5.00. The molecule has 0 spiro atoms. The molecule has 3 heteroatoms. The van der Waals surface area contributed by atoms with E-state index in [2.05, 4.69) is 42.8 Å². The average molecular weight is 279 g/mol. The van der Waals surface area contributed by atoms with Crippen LogP contribution in [0.1, 0.15) is 47.0 Å². The minimum absolute atomic E-state index is 0.395.